The van der Waals surface area contributed by atoms with Crippen molar-refractivity contribution in [2.45, 2.75) is 20.4 Å². The summed E-state index contributed by atoms with van der Waals surface area (Å²) in [6.07, 6.45) is 0. The van der Waals surface area contributed by atoms with Gasteiger partial charge in [-0.25, -0.2) is 4.68 Å². The van der Waals surface area contributed by atoms with Gasteiger partial charge < -0.3 is 15.4 Å². The fourth-order valence-electron chi connectivity index (χ4n) is 3.53. The first-order valence-corrected chi connectivity index (χ1v) is 10.9. The summed E-state index contributed by atoms with van der Waals surface area (Å²) in [5.74, 6) is 0.878. The van der Waals surface area contributed by atoms with Gasteiger partial charge in [0.25, 0.3) is 5.91 Å². The molecule has 4 rings (SSSR count). The number of hydrogen-bond acceptors (Lipinski definition) is 4. The molecule has 0 aliphatic carbocycles. The Kier molecular flexibility index (Phi) is 6.73. The van der Waals surface area contributed by atoms with Gasteiger partial charge in [0.15, 0.2) is 0 Å². The molecule has 4 aromatic rings. The maximum atomic E-state index is 13.1. The summed E-state index contributed by atoms with van der Waals surface area (Å²) in [6, 6.07) is 24.5. The Labute approximate surface area is 198 Å². The van der Waals surface area contributed by atoms with E-state index in [4.69, 9.17) is 9.84 Å². The maximum Gasteiger partial charge on any atom is 0.256 e. The molecule has 0 radical (unpaired) electrons. The van der Waals surface area contributed by atoms with Crippen LogP contribution >= 0.6 is 0 Å². The van der Waals surface area contributed by atoms with E-state index < -0.39 is 0 Å². The van der Waals surface area contributed by atoms with Gasteiger partial charge in [0.05, 0.1) is 18.5 Å². The van der Waals surface area contributed by atoms with Gasteiger partial charge in [0.2, 0.25) is 5.91 Å². The third-order valence-corrected chi connectivity index (χ3v) is 5.37. The predicted molar refractivity (Wildman–Crippen MR) is 132 cm³/mol. The van der Waals surface area contributed by atoms with E-state index >= 15 is 0 Å². The van der Waals surface area contributed by atoms with Gasteiger partial charge in [-0.1, -0.05) is 42.0 Å². The zero-order chi connectivity index (χ0) is 24.1. The highest BCUT2D eigenvalue weighted by Gasteiger charge is 2.17. The number of aromatic nitrogens is 2. The van der Waals surface area contributed by atoms with Gasteiger partial charge in [0, 0.05) is 30.7 Å². The zero-order valence-electron chi connectivity index (χ0n) is 19.3. The van der Waals surface area contributed by atoms with Gasteiger partial charge in [-0.3, -0.25) is 9.59 Å². The zero-order valence-corrected chi connectivity index (χ0v) is 19.3. The van der Waals surface area contributed by atoms with E-state index in [9.17, 15) is 9.59 Å². The standard InChI is InChI=1S/C27H26N4O3/c1-18-8-14-22(15-9-18)31-26(16-24(30-31)23-6-4-5-7-25(23)34-3)29-27(33)21-12-10-20(11-13-21)17-28-19(2)32/h4-16H,17H2,1-3H3,(H,28,32)(H,29,33). The molecule has 0 fully saturated rings. The van der Waals surface area contributed by atoms with Crippen molar-refractivity contribution in [3.05, 3.63) is 95.6 Å². The van der Waals surface area contributed by atoms with Gasteiger partial charge in [-0.15, -0.1) is 0 Å². The molecule has 0 bridgehead atoms. The maximum absolute atomic E-state index is 13.1. The SMILES string of the molecule is COc1ccccc1-c1cc(NC(=O)c2ccc(CNC(C)=O)cc2)n(-c2ccc(C)cc2)n1. The van der Waals surface area contributed by atoms with Crippen LogP contribution in [-0.2, 0) is 11.3 Å². The molecule has 1 aromatic heterocycles. The number of carbonyl (C=O) groups excluding carboxylic acids is 2. The number of amides is 2. The molecule has 0 aliphatic heterocycles. The molecule has 1 heterocycles. The number of para-hydroxylation sites is 1. The number of methoxy groups -OCH3 is 1. The average Bonchev–Trinajstić information content (AvgIpc) is 3.26. The molecule has 172 valence electrons. The van der Waals surface area contributed by atoms with Crippen LogP contribution in [0.2, 0.25) is 0 Å². The first-order chi connectivity index (χ1) is 16.4. The van der Waals surface area contributed by atoms with E-state index in [1.54, 1.807) is 23.9 Å². The third kappa shape index (κ3) is 5.15. The summed E-state index contributed by atoms with van der Waals surface area (Å²) in [5.41, 5.74) is 4.88. The number of hydrogen-bond donors (Lipinski definition) is 2. The lowest BCUT2D eigenvalue weighted by Crippen LogP contribution is -2.19. The molecule has 7 nitrogen and oxygen atoms in total. The van der Waals surface area contributed by atoms with Crippen molar-refractivity contribution in [2.75, 3.05) is 12.4 Å². The molecule has 0 unspecified atom stereocenters. The van der Waals surface area contributed by atoms with Crippen molar-refractivity contribution in [1.82, 2.24) is 15.1 Å². The van der Waals surface area contributed by atoms with Gasteiger partial charge in [-0.05, 0) is 48.9 Å². The van der Waals surface area contributed by atoms with Crippen molar-refractivity contribution in [3.63, 3.8) is 0 Å². The second kappa shape index (κ2) is 10.0. The Balaban J connectivity index is 1.66. The van der Waals surface area contributed by atoms with Crippen molar-refractivity contribution in [3.8, 4) is 22.7 Å². The van der Waals surface area contributed by atoms with E-state index in [1.807, 2.05) is 73.7 Å². The first-order valence-electron chi connectivity index (χ1n) is 10.9. The van der Waals surface area contributed by atoms with E-state index in [-0.39, 0.29) is 11.8 Å². The number of benzene rings is 3. The Morgan fingerprint density at radius 3 is 2.35 bits per heavy atom. The van der Waals surface area contributed by atoms with Gasteiger partial charge in [0.1, 0.15) is 11.6 Å². The van der Waals surface area contributed by atoms with Crippen LogP contribution in [0.15, 0.2) is 78.9 Å². The van der Waals surface area contributed by atoms with Crippen LogP contribution in [-0.4, -0.2) is 28.7 Å². The Bertz CT molecular complexity index is 1310. The largest absolute Gasteiger partial charge is 0.496 e. The van der Waals surface area contributed by atoms with Crippen LogP contribution in [0.1, 0.15) is 28.4 Å². The Hall–Kier alpha value is -4.39. The lowest BCUT2D eigenvalue weighted by Gasteiger charge is -2.10. The molecular formula is C27H26N4O3. The number of nitrogens with zero attached hydrogens (tertiary/aromatic N) is 2. The third-order valence-electron chi connectivity index (χ3n) is 5.37. The minimum atomic E-state index is -0.258. The highest BCUT2D eigenvalue weighted by molar-refractivity contribution is 6.04. The van der Waals surface area contributed by atoms with Crippen LogP contribution in [0.4, 0.5) is 5.82 Å². The summed E-state index contributed by atoms with van der Waals surface area (Å²) in [4.78, 5) is 24.2. The lowest BCUT2D eigenvalue weighted by molar-refractivity contribution is -0.119. The number of nitrogens with one attached hydrogen (secondary N) is 2. The quantitative estimate of drug-likeness (QED) is 0.422. The summed E-state index contributed by atoms with van der Waals surface area (Å²) in [6.45, 7) is 3.91. The van der Waals surface area contributed by atoms with E-state index in [0.717, 1.165) is 22.4 Å². The summed E-state index contributed by atoms with van der Waals surface area (Å²) in [5, 5.41) is 10.5. The van der Waals surface area contributed by atoms with Crippen molar-refractivity contribution < 1.29 is 14.3 Å². The smallest absolute Gasteiger partial charge is 0.256 e. The number of anilines is 1. The fourth-order valence-corrected chi connectivity index (χ4v) is 3.53. The molecule has 34 heavy (non-hydrogen) atoms. The van der Waals surface area contributed by atoms with Crippen molar-refractivity contribution >= 4 is 17.6 Å². The average molecular weight is 455 g/mol. The second-order valence-electron chi connectivity index (χ2n) is 7.92. The van der Waals surface area contributed by atoms with Gasteiger partial charge in [-0.2, -0.15) is 5.10 Å². The molecule has 0 aliphatic rings. The summed E-state index contributed by atoms with van der Waals surface area (Å²) >= 11 is 0. The van der Waals surface area contributed by atoms with Gasteiger partial charge >= 0.3 is 0 Å². The van der Waals surface area contributed by atoms with Crippen LogP contribution in [0.3, 0.4) is 0 Å². The molecule has 0 atom stereocenters. The number of aryl methyl sites for hydroxylation is 1. The van der Waals surface area contributed by atoms with Crippen LogP contribution < -0.4 is 15.4 Å². The fraction of sp³-hybridized carbons (Fsp3) is 0.148. The number of carbonyl (C=O) groups is 2. The molecule has 3 aromatic carbocycles. The molecule has 0 spiro atoms. The Morgan fingerprint density at radius 2 is 1.68 bits per heavy atom. The van der Waals surface area contributed by atoms with Crippen LogP contribution in [0.5, 0.6) is 5.75 Å². The molecule has 0 saturated carbocycles. The Morgan fingerprint density at radius 1 is 0.971 bits per heavy atom. The van der Waals surface area contributed by atoms with E-state index in [2.05, 4.69) is 10.6 Å². The normalized spacial score (nSPS) is 10.6. The topological polar surface area (TPSA) is 85.3 Å². The first kappa shape index (κ1) is 22.8. The van der Waals surface area contributed by atoms with Crippen LogP contribution in [0.25, 0.3) is 16.9 Å². The van der Waals surface area contributed by atoms with Crippen molar-refractivity contribution in [1.29, 1.82) is 0 Å². The van der Waals surface area contributed by atoms with E-state index in [1.165, 1.54) is 6.92 Å². The molecular weight excluding hydrogens is 428 g/mol. The van der Waals surface area contributed by atoms with Crippen molar-refractivity contribution in [2.24, 2.45) is 0 Å². The monoisotopic (exact) mass is 454 g/mol. The number of ether oxygens (including phenoxy) is 1. The number of rotatable bonds is 7. The second-order valence-corrected chi connectivity index (χ2v) is 7.92. The summed E-state index contributed by atoms with van der Waals surface area (Å²) in [7, 11) is 1.62. The molecule has 2 amide bonds. The highest BCUT2D eigenvalue weighted by Crippen LogP contribution is 2.31. The minimum Gasteiger partial charge on any atom is -0.496 e. The summed E-state index contributed by atoms with van der Waals surface area (Å²) < 4.78 is 7.22. The minimum absolute atomic E-state index is 0.1000. The molecule has 2 N–H and O–H groups in total. The van der Waals surface area contributed by atoms with E-state index in [0.29, 0.717) is 29.4 Å². The lowest BCUT2D eigenvalue weighted by atomic mass is 10.1. The predicted octanol–water partition coefficient (Wildman–Crippen LogP) is 4.74. The van der Waals surface area contributed by atoms with Crippen LogP contribution in [0, 0.1) is 6.92 Å². The highest BCUT2D eigenvalue weighted by atomic mass is 16.5. The molecule has 7 heteroatoms. The molecule has 0 saturated heterocycles.